The van der Waals surface area contributed by atoms with Crippen molar-refractivity contribution in [2.45, 2.75) is 158 Å². The highest BCUT2D eigenvalue weighted by molar-refractivity contribution is 6.02. The van der Waals surface area contributed by atoms with Gasteiger partial charge in [0, 0.05) is 37.3 Å². The van der Waals surface area contributed by atoms with Crippen LogP contribution in [0.25, 0.3) is 10.8 Å². The summed E-state index contributed by atoms with van der Waals surface area (Å²) in [5.41, 5.74) is 13.6. The summed E-state index contributed by atoms with van der Waals surface area (Å²) in [6.07, 6.45) is 4.13. The molecular formula is C52H73N9O11. The van der Waals surface area contributed by atoms with Gasteiger partial charge in [-0.1, -0.05) is 63.3 Å². The van der Waals surface area contributed by atoms with Gasteiger partial charge in [-0.3, -0.25) is 33.6 Å². The molecule has 10 atom stereocenters. The first-order chi connectivity index (χ1) is 34.4. The Morgan fingerprint density at radius 2 is 1.32 bits per heavy atom. The maximum atomic E-state index is 14.4. The topological polar surface area (TPSA) is 308 Å². The van der Waals surface area contributed by atoms with Gasteiger partial charge < -0.3 is 67.9 Å². The van der Waals surface area contributed by atoms with Crippen molar-refractivity contribution in [2.75, 3.05) is 26.2 Å². The van der Waals surface area contributed by atoms with Crippen LogP contribution in [0, 0.1) is 0 Å². The molecule has 3 aliphatic rings. The molecule has 0 aliphatic carbocycles. The minimum Gasteiger partial charge on any atom is -0.508 e. The molecule has 6 rings (SSSR count). The van der Waals surface area contributed by atoms with E-state index in [4.69, 9.17) is 16.2 Å². The standard InChI is InChI=1S/C52H73N9O11/c1-4-5-6-7-8-9-23-72-39-20-17-33-24-35(16-15-34(33)25-39)46(65)56-40-11-10-22-55-49(68)42-26-36(53)28-60(42)51(70)44(30(2)62)59-48(67)41(21-14-32-12-18-38(64)19-13-32)57-50(69)43-27-37(54)29-61(43)52(71)45(31(3)63)58-47(40)66/h12-13,15-20,24-25,30-31,36-37,40-45,62-64H,4-11,14,21-23,26-29,53-54H2,1-3H3,(H,55,68)(H,56,65)(H,57,69)(H,58,66)(H,59,67)/t30?,31?,36?,37?,40-,41-,42-,43-,44-,45-/m0/s1. The van der Waals surface area contributed by atoms with E-state index in [9.17, 15) is 48.9 Å². The molecule has 7 amide bonds. The number of fused-ring (bicyclic) bond motifs is 3. The number of hydrogen-bond donors (Lipinski definition) is 10. The van der Waals surface area contributed by atoms with Gasteiger partial charge >= 0.3 is 0 Å². The number of benzene rings is 3. The molecule has 0 saturated carbocycles. The second-order valence-corrected chi connectivity index (χ2v) is 19.5. The van der Waals surface area contributed by atoms with Crippen LogP contribution in [0.5, 0.6) is 11.5 Å². The van der Waals surface area contributed by atoms with Crippen molar-refractivity contribution in [1.82, 2.24) is 36.4 Å². The van der Waals surface area contributed by atoms with Crippen LogP contribution in [0.2, 0.25) is 0 Å². The lowest BCUT2D eigenvalue weighted by atomic mass is 10.0. The van der Waals surface area contributed by atoms with Crippen molar-refractivity contribution in [1.29, 1.82) is 0 Å². The summed E-state index contributed by atoms with van der Waals surface area (Å²) in [4.78, 5) is 102. The molecular weight excluding hydrogens is 927 g/mol. The predicted octanol–water partition coefficient (Wildman–Crippen LogP) is 0.998. The summed E-state index contributed by atoms with van der Waals surface area (Å²) >= 11 is 0. The maximum Gasteiger partial charge on any atom is 0.251 e. The van der Waals surface area contributed by atoms with Gasteiger partial charge in [0.15, 0.2) is 0 Å². The zero-order chi connectivity index (χ0) is 52.1. The summed E-state index contributed by atoms with van der Waals surface area (Å²) in [6, 6.07) is 7.32. The van der Waals surface area contributed by atoms with Gasteiger partial charge in [0.05, 0.1) is 18.8 Å². The number of aliphatic hydroxyl groups excluding tert-OH is 2. The summed E-state index contributed by atoms with van der Waals surface area (Å²) in [5, 5.41) is 46.9. The molecule has 20 nitrogen and oxygen atoms in total. The number of nitrogens with one attached hydrogen (secondary N) is 5. The highest BCUT2D eigenvalue weighted by Crippen LogP contribution is 2.25. The van der Waals surface area contributed by atoms with E-state index in [1.165, 1.54) is 56.6 Å². The van der Waals surface area contributed by atoms with E-state index in [0.29, 0.717) is 17.9 Å². The van der Waals surface area contributed by atoms with Crippen LogP contribution in [0.3, 0.4) is 0 Å². The number of carbonyl (C=O) groups is 7. The largest absolute Gasteiger partial charge is 0.508 e. The zero-order valence-electron chi connectivity index (χ0n) is 41.5. The molecule has 0 aromatic heterocycles. The third-order valence-corrected chi connectivity index (χ3v) is 13.7. The number of phenolic OH excluding ortho intramolecular Hbond substituents is 1. The number of amides is 7. The first-order valence-electron chi connectivity index (χ1n) is 25.4. The minimum absolute atomic E-state index is 0.0174. The molecule has 3 saturated heterocycles. The number of aromatic hydroxyl groups is 1. The molecule has 392 valence electrons. The number of aliphatic hydroxyl groups is 2. The monoisotopic (exact) mass is 1000 g/mol. The Labute approximate surface area is 420 Å². The van der Waals surface area contributed by atoms with E-state index < -0.39 is 102 Å². The third kappa shape index (κ3) is 14.6. The van der Waals surface area contributed by atoms with Gasteiger partial charge in [-0.25, -0.2) is 0 Å². The third-order valence-electron chi connectivity index (χ3n) is 13.7. The van der Waals surface area contributed by atoms with Crippen LogP contribution >= 0.6 is 0 Å². The lowest BCUT2D eigenvalue weighted by Gasteiger charge is -2.32. The molecule has 3 aromatic rings. The lowest BCUT2D eigenvalue weighted by Crippen LogP contribution is -2.61. The van der Waals surface area contributed by atoms with Gasteiger partial charge in [-0.2, -0.15) is 0 Å². The van der Waals surface area contributed by atoms with E-state index in [1.807, 2.05) is 18.2 Å². The fourth-order valence-corrected chi connectivity index (χ4v) is 9.55. The summed E-state index contributed by atoms with van der Waals surface area (Å²) in [7, 11) is 0. The second-order valence-electron chi connectivity index (χ2n) is 19.5. The summed E-state index contributed by atoms with van der Waals surface area (Å²) in [5.74, 6) is -4.55. The van der Waals surface area contributed by atoms with Crippen molar-refractivity contribution in [3.8, 4) is 11.5 Å². The molecule has 3 aliphatic heterocycles. The molecule has 0 bridgehead atoms. The Kier molecular flexibility index (Phi) is 19.7. The predicted molar refractivity (Wildman–Crippen MR) is 268 cm³/mol. The number of hydrogen-bond acceptors (Lipinski definition) is 13. The molecule has 4 unspecified atom stereocenters. The SMILES string of the molecule is CCCCCCCCOc1ccc2cc(C(=O)N[C@H]3CCCNC(=O)[C@@H]4CC(N)CN4C(=O)[C@H](C(C)O)NC(=O)[C@H](CCc4ccc(O)cc4)NC(=O)[C@@H]4CC(N)CN4C(=O)[C@H](C(C)O)NC3=O)ccc2c1. The van der Waals surface area contributed by atoms with Crippen molar-refractivity contribution in [3.05, 3.63) is 71.8 Å². The highest BCUT2D eigenvalue weighted by atomic mass is 16.5. The van der Waals surface area contributed by atoms with Gasteiger partial charge in [0.1, 0.15) is 47.8 Å². The number of nitrogens with two attached hydrogens (primary N) is 2. The van der Waals surface area contributed by atoms with E-state index in [1.54, 1.807) is 30.3 Å². The molecule has 20 heteroatoms. The van der Waals surface area contributed by atoms with Gasteiger partial charge in [0.2, 0.25) is 35.4 Å². The first-order valence-corrected chi connectivity index (χ1v) is 25.4. The van der Waals surface area contributed by atoms with E-state index in [-0.39, 0.29) is 69.5 Å². The van der Waals surface area contributed by atoms with Crippen LogP contribution in [0.1, 0.15) is 107 Å². The number of phenols is 1. The highest BCUT2D eigenvalue weighted by Gasteiger charge is 2.45. The summed E-state index contributed by atoms with van der Waals surface area (Å²) < 4.78 is 6.00. The first kappa shape index (κ1) is 55.0. The zero-order valence-corrected chi connectivity index (χ0v) is 41.5. The fourth-order valence-electron chi connectivity index (χ4n) is 9.55. The van der Waals surface area contributed by atoms with Gasteiger partial charge in [-0.15, -0.1) is 0 Å². The van der Waals surface area contributed by atoms with E-state index >= 15 is 0 Å². The Hall–Kier alpha value is -6.35. The number of nitrogens with zero attached hydrogens (tertiary/aromatic N) is 2. The molecule has 72 heavy (non-hydrogen) atoms. The lowest BCUT2D eigenvalue weighted by molar-refractivity contribution is -0.145. The Morgan fingerprint density at radius 3 is 1.96 bits per heavy atom. The van der Waals surface area contributed by atoms with Crippen molar-refractivity contribution in [3.63, 3.8) is 0 Å². The van der Waals surface area contributed by atoms with Crippen LogP contribution in [0.4, 0.5) is 0 Å². The molecule has 3 fully saturated rings. The molecule has 3 heterocycles. The van der Waals surface area contributed by atoms with Crippen LogP contribution in [0.15, 0.2) is 60.7 Å². The Bertz CT molecular complexity index is 2380. The molecule has 0 spiro atoms. The van der Waals surface area contributed by atoms with Gasteiger partial charge in [0.25, 0.3) is 5.91 Å². The van der Waals surface area contributed by atoms with Crippen molar-refractivity contribution < 1.29 is 53.6 Å². The van der Waals surface area contributed by atoms with Crippen LogP contribution in [-0.4, -0.2) is 153 Å². The normalized spacial score (nSPS) is 25.8. The average molecular weight is 1000 g/mol. The quantitative estimate of drug-likeness (QED) is 0.0952. The Balaban J connectivity index is 1.26. The minimum atomic E-state index is -1.62. The van der Waals surface area contributed by atoms with E-state index in [2.05, 4.69) is 33.5 Å². The molecule has 3 aromatic carbocycles. The number of ether oxygens (including phenoxy) is 1. The number of carbonyl (C=O) groups excluding carboxylic acids is 7. The number of rotatable bonds is 15. The van der Waals surface area contributed by atoms with Crippen LogP contribution in [-0.2, 0) is 35.2 Å². The average Bonchev–Trinajstić information content (AvgIpc) is 3.95. The summed E-state index contributed by atoms with van der Waals surface area (Å²) in [6.45, 7) is 5.14. The van der Waals surface area contributed by atoms with Crippen LogP contribution < -0.4 is 42.8 Å². The second kappa shape index (κ2) is 25.9. The van der Waals surface area contributed by atoms with Crippen molar-refractivity contribution in [2.24, 2.45) is 11.5 Å². The fraction of sp³-hybridized carbons (Fsp3) is 0.558. The molecule has 0 radical (unpaired) electrons. The van der Waals surface area contributed by atoms with E-state index in [0.717, 1.165) is 28.5 Å². The molecule has 12 N–H and O–H groups in total. The smallest absolute Gasteiger partial charge is 0.251 e. The van der Waals surface area contributed by atoms with Gasteiger partial charge in [-0.05, 0) is 112 Å². The van der Waals surface area contributed by atoms with Crippen molar-refractivity contribution >= 4 is 52.1 Å². The number of unbranched alkanes of at least 4 members (excludes halogenated alkanes) is 5. The number of aryl methyl sites for hydroxylation is 1. The maximum absolute atomic E-state index is 14.4. The Morgan fingerprint density at radius 1 is 0.736 bits per heavy atom.